The fourth-order valence-corrected chi connectivity index (χ4v) is 3.95. The average molecular weight is 316 g/mol. The summed E-state index contributed by atoms with van der Waals surface area (Å²) >= 11 is 1.53. The largest absolute Gasteiger partial charge is 0.316 e. The maximum Gasteiger partial charge on any atom is 0.257 e. The molecule has 0 saturated heterocycles. The normalized spacial score (nSPS) is 13.7. The average Bonchev–Trinajstić information content (AvgIpc) is 2.53. The van der Waals surface area contributed by atoms with E-state index in [1.54, 1.807) is 6.07 Å². The Morgan fingerprint density at radius 3 is 2.77 bits per heavy atom. The summed E-state index contributed by atoms with van der Waals surface area (Å²) in [5.74, 6) is 0.372. The fourth-order valence-electron chi connectivity index (χ4n) is 2.89. The van der Waals surface area contributed by atoms with Crippen LogP contribution in [0.25, 0.3) is 0 Å². The van der Waals surface area contributed by atoms with Gasteiger partial charge in [-0.25, -0.2) is 4.39 Å². The molecule has 5 heteroatoms. The highest BCUT2D eigenvalue weighted by atomic mass is 32.2. The molecule has 2 aromatic rings. The van der Waals surface area contributed by atoms with Crippen LogP contribution in [0.5, 0.6) is 0 Å². The van der Waals surface area contributed by atoms with Gasteiger partial charge in [-0.3, -0.25) is 4.79 Å². The topological polar surface area (TPSA) is 56.7 Å². The summed E-state index contributed by atoms with van der Waals surface area (Å²) in [6, 6.07) is 6.52. The van der Waals surface area contributed by atoms with Gasteiger partial charge >= 0.3 is 0 Å². The van der Waals surface area contributed by atoms with E-state index < -0.39 is 0 Å². The quantitative estimate of drug-likeness (QED) is 0.668. The van der Waals surface area contributed by atoms with Gasteiger partial charge in [-0.1, -0.05) is 12.1 Å². The maximum atomic E-state index is 13.2. The van der Waals surface area contributed by atoms with Gasteiger partial charge in [0.1, 0.15) is 5.82 Å². The van der Waals surface area contributed by atoms with Crippen LogP contribution < -0.4 is 5.56 Å². The van der Waals surface area contributed by atoms with Crippen LogP contribution in [-0.4, -0.2) is 11.2 Å². The van der Waals surface area contributed by atoms with E-state index in [2.05, 4.69) is 4.98 Å². The van der Waals surface area contributed by atoms with Crippen molar-refractivity contribution in [2.75, 3.05) is 0 Å². The number of hydrogen-bond donors (Lipinski definition) is 2. The van der Waals surface area contributed by atoms with E-state index in [1.165, 1.54) is 23.9 Å². The molecule has 0 atom stereocenters. The van der Waals surface area contributed by atoms with Crippen LogP contribution in [-0.2, 0) is 18.6 Å². The molecule has 0 aliphatic heterocycles. The number of H-pyrrole nitrogens is 1. The number of aromatic nitrogens is 1. The van der Waals surface area contributed by atoms with Gasteiger partial charge in [-0.2, -0.15) is 0 Å². The van der Waals surface area contributed by atoms with Gasteiger partial charge in [0.15, 0.2) is 0 Å². The lowest BCUT2D eigenvalue weighted by Gasteiger charge is -2.20. The maximum absolute atomic E-state index is 13.2. The predicted molar refractivity (Wildman–Crippen MR) is 87.6 cm³/mol. The van der Waals surface area contributed by atoms with Crippen molar-refractivity contribution in [3.63, 3.8) is 0 Å². The van der Waals surface area contributed by atoms with Gasteiger partial charge in [0.25, 0.3) is 5.56 Å². The smallest absolute Gasteiger partial charge is 0.257 e. The van der Waals surface area contributed by atoms with Crippen LogP contribution in [0.4, 0.5) is 4.39 Å². The molecular formula is C17H17FN2OS. The van der Waals surface area contributed by atoms with Gasteiger partial charge < -0.3 is 10.4 Å². The molecule has 1 aliphatic carbocycles. The van der Waals surface area contributed by atoms with E-state index in [4.69, 9.17) is 5.41 Å². The van der Waals surface area contributed by atoms with E-state index >= 15 is 0 Å². The summed E-state index contributed by atoms with van der Waals surface area (Å²) in [6.45, 7) is 0. The molecule has 1 aliphatic rings. The van der Waals surface area contributed by atoms with Gasteiger partial charge in [0.2, 0.25) is 0 Å². The molecule has 1 aromatic carbocycles. The minimum absolute atomic E-state index is 0.197. The number of thioether (sulfide) groups is 1. The zero-order chi connectivity index (χ0) is 15.5. The molecule has 3 rings (SSSR count). The number of halogens is 1. The Kier molecular flexibility index (Phi) is 4.43. The standard InChI is InChI=1S/C17H17FN2OS/c18-12-5-3-4-11(8-12)10-22-17-14-7-2-1-6-13(14)15(9-19)16(21)20-17/h3-5,8-9,19H,1-2,6-7,10H2,(H,20,21). The van der Waals surface area contributed by atoms with Crippen molar-refractivity contribution in [3.8, 4) is 0 Å². The Bertz CT molecular complexity index is 770. The lowest BCUT2D eigenvalue weighted by Crippen LogP contribution is -2.21. The third-order valence-corrected chi connectivity index (χ3v) is 5.07. The summed E-state index contributed by atoms with van der Waals surface area (Å²) in [4.78, 5) is 15.0. The van der Waals surface area contributed by atoms with Crippen molar-refractivity contribution >= 4 is 18.0 Å². The monoisotopic (exact) mass is 316 g/mol. The number of pyridine rings is 1. The van der Waals surface area contributed by atoms with E-state index in [0.717, 1.165) is 53.6 Å². The second-order valence-electron chi connectivity index (χ2n) is 5.42. The highest BCUT2D eigenvalue weighted by Gasteiger charge is 2.19. The number of aromatic amines is 1. The van der Waals surface area contributed by atoms with Crippen LogP contribution in [0, 0.1) is 11.2 Å². The van der Waals surface area contributed by atoms with Crippen molar-refractivity contribution in [1.82, 2.24) is 4.98 Å². The predicted octanol–water partition coefficient (Wildman–Crippen LogP) is 3.68. The first-order chi connectivity index (χ1) is 10.7. The number of nitrogens with one attached hydrogen (secondary N) is 2. The molecule has 1 aromatic heterocycles. The van der Waals surface area contributed by atoms with Crippen LogP contribution in [0.15, 0.2) is 34.1 Å². The molecule has 3 nitrogen and oxygen atoms in total. The summed E-state index contributed by atoms with van der Waals surface area (Å²) in [6.07, 6.45) is 5.11. The van der Waals surface area contributed by atoms with E-state index in [1.807, 2.05) is 6.07 Å². The van der Waals surface area contributed by atoms with Crippen LogP contribution in [0.1, 0.15) is 35.1 Å². The summed E-state index contributed by atoms with van der Waals surface area (Å²) in [7, 11) is 0. The van der Waals surface area contributed by atoms with Crippen LogP contribution in [0.2, 0.25) is 0 Å². The molecule has 0 radical (unpaired) electrons. The first kappa shape index (κ1) is 15.0. The van der Waals surface area contributed by atoms with Crippen molar-refractivity contribution in [3.05, 3.63) is 62.7 Å². The highest BCUT2D eigenvalue weighted by Crippen LogP contribution is 2.31. The van der Waals surface area contributed by atoms with Crippen molar-refractivity contribution < 1.29 is 4.39 Å². The third kappa shape index (κ3) is 2.99. The Morgan fingerprint density at radius 2 is 2.05 bits per heavy atom. The summed E-state index contributed by atoms with van der Waals surface area (Å²) < 4.78 is 13.2. The first-order valence-electron chi connectivity index (χ1n) is 7.35. The van der Waals surface area contributed by atoms with E-state index in [9.17, 15) is 9.18 Å². The second kappa shape index (κ2) is 6.48. The Morgan fingerprint density at radius 1 is 1.27 bits per heavy atom. The molecule has 1 heterocycles. The molecule has 0 spiro atoms. The number of benzene rings is 1. The molecule has 2 N–H and O–H groups in total. The number of hydrogen-bond acceptors (Lipinski definition) is 3. The van der Waals surface area contributed by atoms with Gasteiger partial charge in [-0.15, -0.1) is 11.8 Å². The summed E-state index contributed by atoms with van der Waals surface area (Å²) in [5, 5.41) is 8.33. The molecule has 0 unspecified atom stereocenters. The number of rotatable bonds is 4. The van der Waals surface area contributed by atoms with Crippen molar-refractivity contribution in [1.29, 1.82) is 5.41 Å². The Balaban J connectivity index is 1.92. The van der Waals surface area contributed by atoms with Crippen molar-refractivity contribution in [2.45, 2.75) is 36.5 Å². The SMILES string of the molecule is N=Cc1c2c(c(SCc3cccc(F)c3)[nH]c1=O)CCCC2. The Hall–Kier alpha value is -1.88. The van der Waals surface area contributed by atoms with Crippen LogP contribution in [0.3, 0.4) is 0 Å². The number of fused-ring (bicyclic) bond motifs is 1. The zero-order valence-electron chi connectivity index (χ0n) is 12.1. The summed E-state index contributed by atoms with van der Waals surface area (Å²) in [5.41, 5.74) is 3.37. The van der Waals surface area contributed by atoms with E-state index in [0.29, 0.717) is 11.3 Å². The molecule has 114 valence electrons. The molecule has 0 fully saturated rings. The first-order valence-corrected chi connectivity index (χ1v) is 8.33. The molecule has 0 amide bonds. The van der Waals surface area contributed by atoms with Gasteiger partial charge in [0.05, 0.1) is 10.6 Å². The second-order valence-corrected chi connectivity index (χ2v) is 6.41. The van der Waals surface area contributed by atoms with Gasteiger partial charge in [-0.05, 0) is 54.5 Å². The highest BCUT2D eigenvalue weighted by molar-refractivity contribution is 7.98. The van der Waals surface area contributed by atoms with Crippen molar-refractivity contribution in [2.24, 2.45) is 0 Å². The lowest BCUT2D eigenvalue weighted by atomic mass is 9.90. The van der Waals surface area contributed by atoms with E-state index in [-0.39, 0.29) is 11.4 Å². The molecule has 0 saturated carbocycles. The minimum atomic E-state index is -0.243. The Labute approximate surface area is 132 Å². The van der Waals surface area contributed by atoms with Crippen LogP contribution >= 0.6 is 11.8 Å². The fraction of sp³-hybridized carbons (Fsp3) is 0.294. The third-order valence-electron chi connectivity index (χ3n) is 3.96. The molecule has 22 heavy (non-hydrogen) atoms. The lowest BCUT2D eigenvalue weighted by molar-refractivity contribution is 0.626. The minimum Gasteiger partial charge on any atom is -0.316 e. The molecular weight excluding hydrogens is 299 g/mol. The zero-order valence-corrected chi connectivity index (χ0v) is 12.9. The van der Waals surface area contributed by atoms with Gasteiger partial charge in [0, 0.05) is 12.0 Å². The molecule has 0 bridgehead atoms.